The number of carbonyl (C=O) groups is 2. The van der Waals surface area contributed by atoms with E-state index in [1.54, 1.807) is 34.9 Å². The lowest BCUT2D eigenvalue weighted by molar-refractivity contribution is 0.181. The summed E-state index contributed by atoms with van der Waals surface area (Å²) in [5, 5.41) is 6.90. The number of aryl methyl sites for hydroxylation is 1. The molecule has 2 aliphatic heterocycles. The van der Waals surface area contributed by atoms with Crippen LogP contribution < -0.4 is 10.2 Å². The van der Waals surface area contributed by atoms with E-state index in [-0.39, 0.29) is 18.0 Å². The number of carbonyl (C=O) groups excluding carboxylic acids is 2. The second-order valence-electron chi connectivity index (χ2n) is 6.70. The van der Waals surface area contributed by atoms with E-state index < -0.39 is 0 Å². The van der Waals surface area contributed by atoms with Gasteiger partial charge in [0.25, 0.3) is 0 Å². The number of likely N-dealkylation sites (tertiary alicyclic amines) is 1. The smallest absolute Gasteiger partial charge is 0.414 e. The third kappa shape index (κ3) is 3.71. The number of hydrogen-bond acceptors (Lipinski definition) is 6. The Morgan fingerprint density at radius 1 is 1.33 bits per heavy atom. The van der Waals surface area contributed by atoms with Crippen molar-refractivity contribution in [2.45, 2.75) is 25.7 Å². The molecule has 1 aromatic heterocycles. The molecule has 3 amide bonds. The highest BCUT2D eigenvalue weighted by atomic mass is 16.6. The second-order valence-corrected chi connectivity index (χ2v) is 6.70. The zero-order chi connectivity index (χ0) is 18.8. The molecule has 0 unspecified atom stereocenters. The standard InChI is InChI=1S/C18H21N5O4/c1-12-19-16(21-27-12)13-4-3-7-22(11-13)17(24)20-14-5-2-6-15(10-14)23-8-9-26-18(23)25/h2,5-6,10,13H,3-4,7-9,11H2,1H3,(H,20,24)/t13-/m1/s1. The van der Waals surface area contributed by atoms with Gasteiger partial charge in [0.1, 0.15) is 6.61 Å². The van der Waals surface area contributed by atoms with Gasteiger partial charge in [-0.25, -0.2) is 9.59 Å². The van der Waals surface area contributed by atoms with Gasteiger partial charge in [0.05, 0.1) is 6.54 Å². The average molecular weight is 371 g/mol. The lowest BCUT2D eigenvalue weighted by Gasteiger charge is -2.31. The Morgan fingerprint density at radius 2 is 2.22 bits per heavy atom. The quantitative estimate of drug-likeness (QED) is 0.890. The molecule has 27 heavy (non-hydrogen) atoms. The molecule has 2 fully saturated rings. The van der Waals surface area contributed by atoms with Gasteiger partial charge in [-0.05, 0) is 31.0 Å². The molecule has 1 atom stereocenters. The lowest BCUT2D eigenvalue weighted by Crippen LogP contribution is -2.41. The van der Waals surface area contributed by atoms with Gasteiger partial charge < -0.3 is 19.5 Å². The number of aromatic nitrogens is 2. The number of hydrogen-bond donors (Lipinski definition) is 1. The summed E-state index contributed by atoms with van der Waals surface area (Å²) < 4.78 is 10.0. The van der Waals surface area contributed by atoms with Crippen molar-refractivity contribution in [2.24, 2.45) is 0 Å². The molecular formula is C18H21N5O4. The first-order valence-electron chi connectivity index (χ1n) is 9.00. The van der Waals surface area contributed by atoms with Crippen LogP contribution >= 0.6 is 0 Å². The van der Waals surface area contributed by atoms with Gasteiger partial charge in [-0.3, -0.25) is 4.90 Å². The van der Waals surface area contributed by atoms with Crippen molar-refractivity contribution in [1.82, 2.24) is 15.0 Å². The number of cyclic esters (lactones) is 1. The summed E-state index contributed by atoms with van der Waals surface area (Å²) in [5.74, 6) is 1.26. The lowest BCUT2D eigenvalue weighted by atomic mass is 9.98. The minimum absolute atomic E-state index is 0.0765. The van der Waals surface area contributed by atoms with E-state index in [4.69, 9.17) is 9.26 Å². The molecule has 3 heterocycles. The predicted molar refractivity (Wildman–Crippen MR) is 96.7 cm³/mol. The Bertz CT molecular complexity index is 852. The van der Waals surface area contributed by atoms with Gasteiger partial charge in [0.15, 0.2) is 5.82 Å². The molecule has 2 aliphatic rings. The number of ether oxygens (including phenoxy) is 1. The zero-order valence-corrected chi connectivity index (χ0v) is 15.1. The third-order valence-corrected chi connectivity index (χ3v) is 4.79. The molecule has 142 valence electrons. The van der Waals surface area contributed by atoms with Gasteiger partial charge in [-0.15, -0.1) is 0 Å². The first-order valence-corrected chi connectivity index (χ1v) is 9.00. The number of nitrogens with one attached hydrogen (secondary N) is 1. The van der Waals surface area contributed by atoms with Crippen molar-refractivity contribution in [2.75, 3.05) is 36.5 Å². The number of anilines is 2. The Kier molecular flexibility index (Phi) is 4.66. The molecule has 0 radical (unpaired) electrons. The van der Waals surface area contributed by atoms with Crippen LogP contribution in [0.15, 0.2) is 28.8 Å². The molecule has 9 nitrogen and oxygen atoms in total. The van der Waals surface area contributed by atoms with E-state index in [9.17, 15) is 9.59 Å². The molecule has 0 spiro atoms. The maximum atomic E-state index is 12.7. The molecule has 9 heteroatoms. The first-order chi connectivity index (χ1) is 13.1. The summed E-state index contributed by atoms with van der Waals surface area (Å²) in [6.07, 6.45) is 1.44. The maximum Gasteiger partial charge on any atom is 0.414 e. The van der Waals surface area contributed by atoms with Crippen LogP contribution in [0.3, 0.4) is 0 Å². The summed E-state index contributed by atoms with van der Waals surface area (Å²) in [6, 6.07) is 7.01. The summed E-state index contributed by atoms with van der Waals surface area (Å²) >= 11 is 0. The first kappa shape index (κ1) is 17.3. The molecule has 1 aromatic carbocycles. The van der Waals surface area contributed by atoms with Crippen LogP contribution in [0.4, 0.5) is 21.0 Å². The van der Waals surface area contributed by atoms with Gasteiger partial charge >= 0.3 is 12.1 Å². The highest BCUT2D eigenvalue weighted by Crippen LogP contribution is 2.26. The minimum atomic E-state index is -0.368. The van der Waals surface area contributed by atoms with Crippen molar-refractivity contribution in [3.8, 4) is 0 Å². The monoisotopic (exact) mass is 371 g/mol. The molecule has 1 N–H and O–H groups in total. The van der Waals surface area contributed by atoms with Crippen LogP contribution in [0.5, 0.6) is 0 Å². The normalized spacial score (nSPS) is 19.9. The number of rotatable bonds is 3. The summed E-state index contributed by atoms with van der Waals surface area (Å²) in [5.41, 5.74) is 1.34. The van der Waals surface area contributed by atoms with Gasteiger partial charge in [-0.2, -0.15) is 4.98 Å². The van der Waals surface area contributed by atoms with E-state index >= 15 is 0 Å². The summed E-state index contributed by atoms with van der Waals surface area (Å²) in [6.45, 7) is 3.86. The molecule has 4 rings (SSSR count). The molecular weight excluding hydrogens is 350 g/mol. The number of amides is 3. The fourth-order valence-electron chi connectivity index (χ4n) is 3.44. The summed E-state index contributed by atoms with van der Waals surface area (Å²) in [7, 11) is 0. The van der Waals surface area contributed by atoms with Crippen LogP contribution in [-0.2, 0) is 4.74 Å². The van der Waals surface area contributed by atoms with Crippen molar-refractivity contribution < 1.29 is 18.8 Å². The average Bonchev–Trinajstić information content (AvgIpc) is 3.30. The summed E-state index contributed by atoms with van der Waals surface area (Å²) in [4.78, 5) is 32.0. The fourth-order valence-corrected chi connectivity index (χ4v) is 3.44. The zero-order valence-electron chi connectivity index (χ0n) is 15.1. The molecule has 2 aromatic rings. The number of urea groups is 1. The predicted octanol–water partition coefficient (Wildman–Crippen LogP) is 2.75. The van der Waals surface area contributed by atoms with E-state index in [0.29, 0.717) is 49.3 Å². The minimum Gasteiger partial charge on any atom is -0.447 e. The third-order valence-electron chi connectivity index (χ3n) is 4.79. The number of benzene rings is 1. The molecule has 2 saturated heterocycles. The number of piperidine rings is 1. The van der Waals surface area contributed by atoms with E-state index in [0.717, 1.165) is 12.8 Å². The van der Waals surface area contributed by atoms with Crippen LogP contribution in [0.25, 0.3) is 0 Å². The Morgan fingerprint density at radius 3 is 2.96 bits per heavy atom. The van der Waals surface area contributed by atoms with E-state index in [1.165, 1.54) is 0 Å². The highest BCUT2D eigenvalue weighted by molar-refractivity contribution is 5.93. The van der Waals surface area contributed by atoms with Crippen LogP contribution in [0, 0.1) is 6.92 Å². The SMILES string of the molecule is Cc1nc([C@@H]2CCCN(C(=O)Nc3cccc(N4CCOC4=O)c3)C2)no1. The van der Waals surface area contributed by atoms with Gasteiger partial charge in [-0.1, -0.05) is 11.2 Å². The highest BCUT2D eigenvalue weighted by Gasteiger charge is 2.28. The van der Waals surface area contributed by atoms with Crippen LogP contribution in [-0.4, -0.2) is 53.4 Å². The molecule has 0 aliphatic carbocycles. The van der Waals surface area contributed by atoms with E-state index in [2.05, 4.69) is 15.5 Å². The maximum absolute atomic E-state index is 12.7. The fraction of sp³-hybridized carbons (Fsp3) is 0.444. The topological polar surface area (TPSA) is 101 Å². The van der Waals surface area contributed by atoms with Gasteiger partial charge in [0.2, 0.25) is 5.89 Å². The number of nitrogens with zero attached hydrogens (tertiary/aromatic N) is 4. The second kappa shape index (κ2) is 7.26. The molecule has 0 saturated carbocycles. The van der Waals surface area contributed by atoms with Crippen molar-refractivity contribution >= 4 is 23.5 Å². The Hall–Kier alpha value is -3.10. The van der Waals surface area contributed by atoms with Crippen molar-refractivity contribution in [3.63, 3.8) is 0 Å². The van der Waals surface area contributed by atoms with Crippen LogP contribution in [0.2, 0.25) is 0 Å². The van der Waals surface area contributed by atoms with Crippen molar-refractivity contribution in [3.05, 3.63) is 36.0 Å². The Balaban J connectivity index is 1.42. The van der Waals surface area contributed by atoms with Crippen LogP contribution in [0.1, 0.15) is 30.5 Å². The molecule has 0 bridgehead atoms. The Labute approximate surface area is 156 Å². The van der Waals surface area contributed by atoms with E-state index in [1.807, 2.05) is 6.07 Å². The largest absolute Gasteiger partial charge is 0.447 e. The van der Waals surface area contributed by atoms with Crippen molar-refractivity contribution in [1.29, 1.82) is 0 Å². The van der Waals surface area contributed by atoms with Gasteiger partial charge in [0, 0.05) is 37.3 Å².